The molecule has 0 spiro atoms. The van der Waals surface area contributed by atoms with Gasteiger partial charge in [-0.2, -0.15) is 0 Å². The van der Waals surface area contributed by atoms with Crippen molar-refractivity contribution in [1.29, 1.82) is 0 Å². The summed E-state index contributed by atoms with van der Waals surface area (Å²) in [4.78, 5) is 4.46. The molecule has 2 heterocycles. The Morgan fingerprint density at radius 1 is 1.22 bits per heavy atom. The van der Waals surface area contributed by atoms with Crippen LogP contribution in [0.1, 0.15) is 18.2 Å². The number of benzene rings is 1. The molecule has 0 aliphatic carbocycles. The van der Waals surface area contributed by atoms with Gasteiger partial charge in [0.1, 0.15) is 5.82 Å². The molecule has 0 saturated heterocycles. The molecule has 0 amide bonds. The van der Waals surface area contributed by atoms with E-state index < -0.39 is 0 Å². The third-order valence-electron chi connectivity index (χ3n) is 3.56. The quantitative estimate of drug-likeness (QED) is 0.708. The van der Waals surface area contributed by atoms with E-state index in [-0.39, 0.29) is 0 Å². The molecule has 0 aliphatic heterocycles. The predicted octanol–water partition coefficient (Wildman–Crippen LogP) is 3.18. The molecule has 0 saturated carbocycles. The molecular weight excluding hydrogens is 222 g/mol. The number of rotatable bonds is 1. The number of fused-ring (bicyclic) bond motifs is 3. The van der Waals surface area contributed by atoms with Crippen LogP contribution in [0.15, 0.2) is 24.3 Å². The smallest absolute Gasteiger partial charge is 0.124 e. The SMILES string of the molecule is CCc1nc(N)cc2c3ccc(C)cc3n(C)c12. The van der Waals surface area contributed by atoms with E-state index in [2.05, 4.69) is 48.6 Å². The first kappa shape index (κ1) is 11.1. The van der Waals surface area contributed by atoms with Gasteiger partial charge in [-0.05, 0) is 31.0 Å². The van der Waals surface area contributed by atoms with Crippen LogP contribution >= 0.6 is 0 Å². The summed E-state index contributed by atoms with van der Waals surface area (Å²) in [6.07, 6.45) is 0.894. The summed E-state index contributed by atoms with van der Waals surface area (Å²) in [6, 6.07) is 8.51. The molecule has 3 heteroatoms. The Hall–Kier alpha value is -2.03. The third kappa shape index (κ3) is 1.40. The zero-order chi connectivity index (χ0) is 12.9. The number of nitrogens with zero attached hydrogens (tertiary/aromatic N) is 2. The Morgan fingerprint density at radius 3 is 2.72 bits per heavy atom. The first-order valence-corrected chi connectivity index (χ1v) is 6.26. The average molecular weight is 239 g/mol. The maximum absolute atomic E-state index is 5.91. The van der Waals surface area contributed by atoms with Gasteiger partial charge in [-0.1, -0.05) is 19.1 Å². The van der Waals surface area contributed by atoms with E-state index in [1.54, 1.807) is 0 Å². The third-order valence-corrected chi connectivity index (χ3v) is 3.56. The van der Waals surface area contributed by atoms with Gasteiger partial charge in [0, 0.05) is 23.3 Å². The molecule has 2 aromatic heterocycles. The number of nitrogen functional groups attached to an aromatic ring is 1. The lowest BCUT2D eigenvalue weighted by Gasteiger charge is -2.04. The summed E-state index contributed by atoms with van der Waals surface area (Å²) in [5, 5.41) is 2.46. The highest BCUT2D eigenvalue weighted by Gasteiger charge is 2.13. The minimum Gasteiger partial charge on any atom is -0.384 e. The lowest BCUT2D eigenvalue weighted by Crippen LogP contribution is -1.98. The Bertz CT molecular complexity index is 753. The molecule has 0 atom stereocenters. The van der Waals surface area contributed by atoms with E-state index in [1.807, 2.05) is 6.07 Å². The minimum absolute atomic E-state index is 0.604. The summed E-state index contributed by atoms with van der Waals surface area (Å²) >= 11 is 0. The first-order valence-electron chi connectivity index (χ1n) is 6.26. The number of pyridine rings is 1. The zero-order valence-corrected chi connectivity index (χ0v) is 11.0. The van der Waals surface area contributed by atoms with Crippen molar-refractivity contribution in [3.8, 4) is 0 Å². The molecule has 0 aliphatic rings. The van der Waals surface area contributed by atoms with Crippen molar-refractivity contribution in [2.75, 3.05) is 5.73 Å². The van der Waals surface area contributed by atoms with Crippen LogP contribution in [0.3, 0.4) is 0 Å². The summed E-state index contributed by atoms with van der Waals surface area (Å²) in [6.45, 7) is 4.23. The van der Waals surface area contributed by atoms with E-state index >= 15 is 0 Å². The lowest BCUT2D eigenvalue weighted by atomic mass is 10.1. The molecule has 92 valence electrons. The average Bonchev–Trinajstić information content (AvgIpc) is 2.62. The molecular formula is C15H17N3. The van der Waals surface area contributed by atoms with Crippen LogP contribution in [0, 0.1) is 6.92 Å². The summed E-state index contributed by atoms with van der Waals surface area (Å²) < 4.78 is 2.23. The van der Waals surface area contributed by atoms with Gasteiger partial charge in [0.2, 0.25) is 0 Å². The zero-order valence-electron chi connectivity index (χ0n) is 11.0. The Kier molecular flexibility index (Phi) is 2.30. The summed E-state index contributed by atoms with van der Waals surface area (Å²) in [5.74, 6) is 0.604. The van der Waals surface area contributed by atoms with Crippen molar-refractivity contribution in [3.05, 3.63) is 35.5 Å². The van der Waals surface area contributed by atoms with Crippen LogP contribution in [0.2, 0.25) is 0 Å². The van der Waals surface area contributed by atoms with Crippen LogP contribution in [-0.2, 0) is 13.5 Å². The normalized spacial score (nSPS) is 11.5. The van der Waals surface area contributed by atoms with E-state index in [1.165, 1.54) is 27.4 Å². The molecule has 3 rings (SSSR count). The van der Waals surface area contributed by atoms with Crippen LogP contribution in [0.25, 0.3) is 21.8 Å². The fourth-order valence-electron chi connectivity index (χ4n) is 2.71. The van der Waals surface area contributed by atoms with Crippen molar-refractivity contribution < 1.29 is 0 Å². The second-order valence-electron chi connectivity index (χ2n) is 4.82. The maximum Gasteiger partial charge on any atom is 0.124 e. The topological polar surface area (TPSA) is 43.8 Å². The summed E-state index contributed by atoms with van der Waals surface area (Å²) in [5.41, 5.74) is 10.7. The van der Waals surface area contributed by atoms with Gasteiger partial charge < -0.3 is 10.3 Å². The molecule has 0 unspecified atom stereocenters. The molecule has 3 nitrogen and oxygen atoms in total. The van der Waals surface area contributed by atoms with Crippen LogP contribution in [0.4, 0.5) is 5.82 Å². The fourth-order valence-corrected chi connectivity index (χ4v) is 2.71. The van der Waals surface area contributed by atoms with Crippen LogP contribution < -0.4 is 5.73 Å². The second kappa shape index (κ2) is 3.73. The Morgan fingerprint density at radius 2 is 2.00 bits per heavy atom. The minimum atomic E-state index is 0.604. The second-order valence-corrected chi connectivity index (χ2v) is 4.82. The highest BCUT2D eigenvalue weighted by atomic mass is 15.0. The van der Waals surface area contributed by atoms with Gasteiger partial charge in [-0.25, -0.2) is 4.98 Å². The standard InChI is InChI=1S/C15H17N3/c1-4-12-15-11(8-14(16)17-12)10-6-5-9(2)7-13(10)18(15)3/h5-8H,4H2,1-3H3,(H2,16,17). The van der Waals surface area contributed by atoms with Crippen molar-refractivity contribution in [3.63, 3.8) is 0 Å². The number of nitrogens with two attached hydrogens (primary N) is 1. The number of aromatic nitrogens is 2. The first-order chi connectivity index (χ1) is 8.61. The highest BCUT2D eigenvalue weighted by molar-refractivity contribution is 6.09. The van der Waals surface area contributed by atoms with E-state index in [0.717, 1.165) is 12.1 Å². The molecule has 0 fully saturated rings. The van der Waals surface area contributed by atoms with Gasteiger partial charge in [0.25, 0.3) is 0 Å². The van der Waals surface area contributed by atoms with Gasteiger partial charge in [0.15, 0.2) is 0 Å². The number of hydrogen-bond acceptors (Lipinski definition) is 2. The van der Waals surface area contributed by atoms with E-state index in [9.17, 15) is 0 Å². The monoisotopic (exact) mass is 239 g/mol. The van der Waals surface area contributed by atoms with Crippen molar-refractivity contribution >= 4 is 27.6 Å². The Balaban J connectivity index is 2.58. The molecule has 2 N–H and O–H groups in total. The lowest BCUT2D eigenvalue weighted by molar-refractivity contribution is 0.969. The van der Waals surface area contributed by atoms with Gasteiger partial charge in [-0.15, -0.1) is 0 Å². The number of anilines is 1. The molecule has 0 radical (unpaired) electrons. The predicted molar refractivity (Wildman–Crippen MR) is 76.7 cm³/mol. The molecule has 18 heavy (non-hydrogen) atoms. The van der Waals surface area contributed by atoms with Crippen molar-refractivity contribution in [2.24, 2.45) is 7.05 Å². The van der Waals surface area contributed by atoms with Crippen molar-refractivity contribution in [1.82, 2.24) is 9.55 Å². The van der Waals surface area contributed by atoms with Crippen LogP contribution in [-0.4, -0.2) is 9.55 Å². The largest absolute Gasteiger partial charge is 0.384 e. The summed E-state index contributed by atoms with van der Waals surface area (Å²) in [7, 11) is 2.10. The molecule has 3 aromatic rings. The molecule has 0 bridgehead atoms. The Labute approximate surface area is 106 Å². The van der Waals surface area contributed by atoms with Crippen molar-refractivity contribution in [2.45, 2.75) is 20.3 Å². The van der Waals surface area contributed by atoms with E-state index in [0.29, 0.717) is 5.82 Å². The maximum atomic E-state index is 5.91. The van der Waals surface area contributed by atoms with Crippen LogP contribution in [0.5, 0.6) is 0 Å². The molecule has 1 aromatic carbocycles. The number of hydrogen-bond donors (Lipinski definition) is 1. The fraction of sp³-hybridized carbons (Fsp3) is 0.267. The van der Waals surface area contributed by atoms with Gasteiger partial charge in [-0.3, -0.25) is 0 Å². The van der Waals surface area contributed by atoms with Gasteiger partial charge >= 0.3 is 0 Å². The van der Waals surface area contributed by atoms with E-state index in [4.69, 9.17) is 5.73 Å². The number of aryl methyl sites for hydroxylation is 3. The van der Waals surface area contributed by atoms with Gasteiger partial charge in [0.05, 0.1) is 11.2 Å². The highest BCUT2D eigenvalue weighted by Crippen LogP contribution is 2.31.